The molecule has 0 aromatic heterocycles. The molecule has 1 aliphatic heterocycles. The van der Waals surface area contributed by atoms with E-state index < -0.39 is 12.1 Å². The van der Waals surface area contributed by atoms with Crippen molar-refractivity contribution in [2.75, 3.05) is 7.05 Å². The maximum absolute atomic E-state index is 12.9. The van der Waals surface area contributed by atoms with Crippen molar-refractivity contribution >= 4 is 5.78 Å². The Labute approximate surface area is 75.9 Å². The van der Waals surface area contributed by atoms with E-state index in [0.29, 0.717) is 6.42 Å². The predicted molar refractivity (Wildman–Crippen MR) is 44.2 cm³/mol. The molecular weight excluding hydrogens is 176 g/mol. The van der Waals surface area contributed by atoms with Gasteiger partial charge in [0.1, 0.15) is 0 Å². The van der Waals surface area contributed by atoms with Gasteiger partial charge in [-0.2, -0.15) is 8.78 Å². The summed E-state index contributed by atoms with van der Waals surface area (Å²) in [4.78, 5) is 11.4. The molecule has 0 saturated carbocycles. The Kier molecular flexibility index (Phi) is 2.67. The molecule has 0 aliphatic carbocycles. The highest BCUT2D eigenvalue weighted by atomic mass is 19.3. The fraction of sp³-hybridized carbons (Fsp3) is 0.667. The number of hydrogen-bond acceptors (Lipinski definition) is 2. The highest BCUT2D eigenvalue weighted by Gasteiger charge is 2.44. The lowest BCUT2D eigenvalue weighted by Gasteiger charge is -2.21. The van der Waals surface area contributed by atoms with E-state index in [-0.39, 0.29) is 12.2 Å². The molecule has 1 saturated heterocycles. The molecule has 72 valence electrons. The van der Waals surface area contributed by atoms with Gasteiger partial charge in [0.05, 0.1) is 6.04 Å². The largest absolute Gasteiger partial charge is 0.305 e. The van der Waals surface area contributed by atoms with Crippen LogP contribution in [0.5, 0.6) is 0 Å². The third-order valence-corrected chi connectivity index (χ3v) is 2.12. The molecule has 0 radical (unpaired) electrons. The molecule has 0 bridgehead atoms. The van der Waals surface area contributed by atoms with Crippen molar-refractivity contribution < 1.29 is 13.6 Å². The van der Waals surface area contributed by atoms with E-state index in [4.69, 9.17) is 0 Å². The van der Waals surface area contributed by atoms with E-state index in [1.807, 2.05) is 0 Å². The molecule has 0 aromatic rings. The highest BCUT2D eigenvalue weighted by Crippen LogP contribution is 2.34. The average Bonchev–Trinajstić information content (AvgIpc) is 2.25. The lowest BCUT2D eigenvalue weighted by Crippen LogP contribution is -2.36. The summed E-state index contributed by atoms with van der Waals surface area (Å²) in [5.74, 6) is 4.54. The summed E-state index contributed by atoms with van der Waals surface area (Å²) in [5, 5.41) is 0. The number of ketones is 1. The van der Waals surface area contributed by atoms with E-state index in [1.165, 1.54) is 14.0 Å². The number of halogens is 2. The van der Waals surface area contributed by atoms with Gasteiger partial charge in [-0.1, -0.05) is 5.92 Å². The molecule has 2 nitrogen and oxygen atoms in total. The van der Waals surface area contributed by atoms with Gasteiger partial charge in [-0.15, -0.1) is 0 Å². The maximum Gasteiger partial charge on any atom is 0.305 e. The molecule has 1 unspecified atom stereocenters. The second-order valence-corrected chi connectivity index (χ2v) is 3.16. The van der Waals surface area contributed by atoms with Gasteiger partial charge in [0.15, 0.2) is 0 Å². The van der Waals surface area contributed by atoms with E-state index in [0.717, 1.165) is 4.90 Å². The minimum Gasteiger partial charge on any atom is -0.285 e. The van der Waals surface area contributed by atoms with Crippen LogP contribution in [0.4, 0.5) is 8.78 Å². The topological polar surface area (TPSA) is 20.3 Å². The summed E-state index contributed by atoms with van der Waals surface area (Å²) in [5.41, 5.74) is 0. The molecule has 0 spiro atoms. The number of Topliss-reactive ketones (excluding diaryl/α,β-unsaturated/α-hetero) is 1. The first-order valence-corrected chi connectivity index (χ1v) is 4.06. The highest BCUT2D eigenvalue weighted by molar-refractivity contribution is 5.93. The third kappa shape index (κ3) is 2.25. The summed E-state index contributed by atoms with van der Waals surface area (Å²) in [6.45, 7) is 1.32. The normalized spacial score (nSPS) is 26.6. The second kappa shape index (κ2) is 3.43. The summed E-state index contributed by atoms with van der Waals surface area (Å²) in [6, 6.07) is -3.25. The van der Waals surface area contributed by atoms with Crippen LogP contribution in [0.2, 0.25) is 0 Å². The Bertz CT molecular complexity index is 277. The van der Waals surface area contributed by atoms with Crippen molar-refractivity contribution in [2.45, 2.75) is 31.9 Å². The van der Waals surface area contributed by atoms with Gasteiger partial charge in [0.25, 0.3) is 0 Å². The number of carbonyl (C=O) groups is 1. The number of alkyl halides is 2. The number of nitrogens with zero attached hydrogens (tertiary/aromatic N) is 1. The minimum atomic E-state index is -2.77. The molecule has 1 fully saturated rings. The fourth-order valence-electron chi connectivity index (χ4n) is 1.26. The molecule has 1 rings (SSSR count). The zero-order valence-electron chi connectivity index (χ0n) is 7.60. The van der Waals surface area contributed by atoms with Crippen LogP contribution in [0, 0.1) is 11.8 Å². The van der Waals surface area contributed by atoms with E-state index in [2.05, 4.69) is 11.8 Å². The molecule has 13 heavy (non-hydrogen) atoms. The van der Waals surface area contributed by atoms with Crippen LogP contribution in [-0.2, 0) is 4.79 Å². The summed E-state index contributed by atoms with van der Waals surface area (Å²) in [6.07, 6.45) is 0.143. The van der Waals surface area contributed by atoms with Gasteiger partial charge in [0.2, 0.25) is 5.78 Å². The predicted octanol–water partition coefficient (Wildman–Crippen LogP) is 1.27. The van der Waals surface area contributed by atoms with Crippen LogP contribution in [0.3, 0.4) is 0 Å². The Morgan fingerprint density at radius 2 is 2.23 bits per heavy atom. The Hall–Kier alpha value is -0.950. The summed E-state index contributed by atoms with van der Waals surface area (Å²) < 4.78 is 25.8. The van der Waals surface area contributed by atoms with Crippen molar-refractivity contribution in [1.82, 2.24) is 4.90 Å². The van der Waals surface area contributed by atoms with Crippen molar-refractivity contribution in [3.8, 4) is 11.8 Å². The fourth-order valence-corrected chi connectivity index (χ4v) is 1.26. The van der Waals surface area contributed by atoms with Crippen molar-refractivity contribution in [3.63, 3.8) is 0 Å². The lowest BCUT2D eigenvalue weighted by molar-refractivity contribution is -0.113. The molecule has 0 aromatic carbocycles. The van der Waals surface area contributed by atoms with E-state index in [9.17, 15) is 13.6 Å². The van der Waals surface area contributed by atoms with Gasteiger partial charge < -0.3 is 0 Å². The SMILES string of the molecule is CC(=O)C#CC1CCC(F)(F)N1C. The minimum absolute atomic E-state index is 0.180. The van der Waals surface area contributed by atoms with Crippen molar-refractivity contribution in [2.24, 2.45) is 0 Å². The van der Waals surface area contributed by atoms with Gasteiger partial charge in [0, 0.05) is 13.3 Å². The second-order valence-electron chi connectivity index (χ2n) is 3.16. The first kappa shape index (κ1) is 10.1. The molecule has 1 aliphatic rings. The Balaban J connectivity index is 2.68. The van der Waals surface area contributed by atoms with Crippen LogP contribution in [-0.4, -0.2) is 29.8 Å². The monoisotopic (exact) mass is 187 g/mol. The van der Waals surface area contributed by atoms with E-state index in [1.54, 1.807) is 0 Å². The zero-order valence-corrected chi connectivity index (χ0v) is 7.60. The lowest BCUT2D eigenvalue weighted by atomic mass is 10.2. The quantitative estimate of drug-likeness (QED) is 0.323. The molecule has 4 heteroatoms. The molecular formula is C9H11F2NO. The number of likely N-dealkylation sites (tertiary alicyclic amines) is 1. The third-order valence-electron chi connectivity index (χ3n) is 2.12. The molecule has 1 atom stereocenters. The van der Waals surface area contributed by atoms with Gasteiger partial charge >= 0.3 is 6.05 Å². The smallest absolute Gasteiger partial charge is 0.285 e. The van der Waals surface area contributed by atoms with Crippen LogP contribution in [0.25, 0.3) is 0 Å². The van der Waals surface area contributed by atoms with Crippen molar-refractivity contribution in [3.05, 3.63) is 0 Å². The van der Waals surface area contributed by atoms with Crippen LogP contribution in [0.15, 0.2) is 0 Å². The summed E-state index contributed by atoms with van der Waals surface area (Å²) >= 11 is 0. The van der Waals surface area contributed by atoms with Gasteiger partial charge in [-0.25, -0.2) is 4.90 Å². The zero-order chi connectivity index (χ0) is 10.1. The average molecular weight is 187 g/mol. The summed E-state index contributed by atoms with van der Waals surface area (Å²) in [7, 11) is 1.33. The Morgan fingerprint density at radius 3 is 2.62 bits per heavy atom. The maximum atomic E-state index is 12.9. The number of rotatable bonds is 0. The van der Waals surface area contributed by atoms with Gasteiger partial charge in [-0.05, 0) is 19.4 Å². The molecule has 1 heterocycles. The first-order chi connectivity index (χ1) is 5.93. The van der Waals surface area contributed by atoms with Crippen LogP contribution < -0.4 is 0 Å². The van der Waals surface area contributed by atoms with Crippen molar-refractivity contribution in [1.29, 1.82) is 0 Å². The molecule has 0 N–H and O–H groups in total. The van der Waals surface area contributed by atoms with Crippen LogP contribution >= 0.6 is 0 Å². The first-order valence-electron chi connectivity index (χ1n) is 4.06. The van der Waals surface area contributed by atoms with Crippen LogP contribution in [0.1, 0.15) is 19.8 Å². The number of hydrogen-bond donors (Lipinski definition) is 0. The molecule has 0 amide bonds. The Morgan fingerprint density at radius 1 is 1.62 bits per heavy atom. The van der Waals surface area contributed by atoms with Gasteiger partial charge in [-0.3, -0.25) is 4.79 Å². The van der Waals surface area contributed by atoms with E-state index >= 15 is 0 Å². The standard InChI is InChI=1S/C9H11F2NO/c1-7(13)3-4-8-5-6-9(10,11)12(8)2/h8H,5-6H2,1-2H3. The number of carbonyl (C=O) groups excluding carboxylic acids is 1.